The molecule has 5 aromatic carbocycles. The van der Waals surface area contributed by atoms with Gasteiger partial charge in [-0.15, -0.1) is 0 Å². The van der Waals surface area contributed by atoms with E-state index in [1.165, 1.54) is 98.6 Å². The molecule has 0 bridgehead atoms. The number of aryl methyl sites for hydroxylation is 1. The first-order valence-corrected chi connectivity index (χ1v) is 20.2. The van der Waals surface area contributed by atoms with Crippen LogP contribution in [0.25, 0.3) is 16.9 Å². The van der Waals surface area contributed by atoms with Gasteiger partial charge in [0.05, 0.1) is 22.3 Å². The standard InChI is InChI=1S/C50H40N2S/c1-2-17-44-36(12-1)14-11-31-51(44)37-26-28-40-39-27-24-34(32-42(39)50(43(40)33-37)29-7-8-30-50)23-25-35-13-9-16-41-38(35)15-10-20-45(41)52-46-18-3-5-21-48(46)53-49-22-6-4-19-47(49)52/h1-6,10,12-13,15,17-28,33,42H,7-8,11,14,29-32H2/b25-23+. The van der Waals surface area contributed by atoms with Gasteiger partial charge in [-0.05, 0) is 126 Å². The van der Waals surface area contributed by atoms with E-state index in [2.05, 4.69) is 161 Å². The summed E-state index contributed by atoms with van der Waals surface area (Å²) in [4.78, 5) is 7.52. The lowest BCUT2D eigenvalue weighted by molar-refractivity contribution is 0.348. The van der Waals surface area contributed by atoms with Gasteiger partial charge >= 0.3 is 0 Å². The number of benzene rings is 5. The monoisotopic (exact) mass is 700 g/mol. The molecule has 2 nitrogen and oxygen atoms in total. The molecule has 3 heteroatoms. The molecule has 1 saturated carbocycles. The normalized spacial score (nSPS) is 19.9. The third-order valence-electron chi connectivity index (χ3n) is 12.7. The molecular weight excluding hydrogens is 661 g/mol. The van der Waals surface area contributed by atoms with Crippen molar-refractivity contribution >= 4 is 57.1 Å². The van der Waals surface area contributed by atoms with Gasteiger partial charge in [0.1, 0.15) is 0 Å². The molecule has 0 amide bonds. The predicted octanol–water partition coefficient (Wildman–Crippen LogP) is 11.4. The van der Waals surface area contributed by atoms with Crippen LogP contribution < -0.4 is 20.2 Å². The van der Waals surface area contributed by atoms with Gasteiger partial charge in [0.2, 0.25) is 0 Å². The fourth-order valence-electron chi connectivity index (χ4n) is 10.3. The Kier molecular flexibility index (Phi) is 7.24. The van der Waals surface area contributed by atoms with Crippen molar-refractivity contribution in [2.45, 2.75) is 60.2 Å². The summed E-state index contributed by atoms with van der Waals surface area (Å²) in [6, 6.07) is 40.6. The van der Waals surface area contributed by atoms with Gasteiger partial charge in [-0.3, -0.25) is 0 Å². The summed E-state index contributed by atoms with van der Waals surface area (Å²) < 4.78 is 0. The number of nitrogens with zero attached hydrogens (tertiary/aromatic N) is 2. The molecule has 1 spiro atoms. The molecular formula is C50H40N2S. The third kappa shape index (κ3) is 4.89. The largest absolute Gasteiger partial charge is 0.341 e. The van der Waals surface area contributed by atoms with E-state index >= 15 is 0 Å². The van der Waals surface area contributed by atoms with Crippen LogP contribution in [0.15, 0.2) is 161 Å². The van der Waals surface area contributed by atoms with E-state index in [0.717, 1.165) is 23.9 Å². The average molecular weight is 701 g/mol. The Bertz CT molecular complexity index is 2610. The average Bonchev–Trinajstić information content (AvgIpc) is 3.82. The second-order valence-electron chi connectivity index (χ2n) is 15.4. The minimum atomic E-state index is 0.232. The van der Waals surface area contributed by atoms with Gasteiger partial charge in [0, 0.05) is 38.3 Å². The van der Waals surface area contributed by atoms with Gasteiger partial charge in [0.25, 0.3) is 0 Å². The van der Waals surface area contributed by atoms with Crippen molar-refractivity contribution in [1.82, 2.24) is 0 Å². The second kappa shape index (κ2) is 12.3. The lowest BCUT2D eigenvalue weighted by Gasteiger charge is -2.35. The third-order valence-corrected chi connectivity index (χ3v) is 13.8. The van der Waals surface area contributed by atoms with Gasteiger partial charge in [0.15, 0.2) is 0 Å². The summed E-state index contributed by atoms with van der Waals surface area (Å²) in [7, 11) is 0. The summed E-state index contributed by atoms with van der Waals surface area (Å²) in [6.45, 7) is 1.09. The highest BCUT2D eigenvalue weighted by Gasteiger charge is 2.51. The minimum absolute atomic E-state index is 0.232. The SMILES string of the molecule is C1=C=c2c(N3c4ccccc4Sc4ccccc43)cccc2=C(/C=C/C2=CC=C3c4ccc(N5CCCc6ccccc65)cc4C4(CCCC4)C3C2)C=1. The fraction of sp³-hybridized carbons (Fsp3) is 0.200. The van der Waals surface area contributed by atoms with E-state index in [-0.39, 0.29) is 5.41 Å². The first-order valence-electron chi connectivity index (χ1n) is 19.4. The molecule has 53 heavy (non-hydrogen) atoms. The maximum absolute atomic E-state index is 3.53. The highest BCUT2D eigenvalue weighted by atomic mass is 32.2. The molecule has 0 saturated heterocycles. The zero-order valence-electron chi connectivity index (χ0n) is 29.8. The molecule has 5 aromatic rings. The Balaban J connectivity index is 0.947. The van der Waals surface area contributed by atoms with Crippen LogP contribution in [0.5, 0.6) is 0 Å². The highest BCUT2D eigenvalue weighted by molar-refractivity contribution is 7.99. The number of fused-ring (bicyclic) bond motifs is 9. The van der Waals surface area contributed by atoms with E-state index in [1.54, 1.807) is 11.1 Å². The number of hydrogen-bond acceptors (Lipinski definition) is 3. The maximum Gasteiger partial charge on any atom is 0.0625 e. The Hall–Kier alpha value is -5.43. The van der Waals surface area contributed by atoms with Crippen LogP contribution in [-0.4, -0.2) is 6.54 Å². The lowest BCUT2D eigenvalue weighted by atomic mass is 9.69. The fourth-order valence-corrected chi connectivity index (χ4v) is 11.3. The molecule has 2 aliphatic heterocycles. The van der Waals surface area contributed by atoms with Gasteiger partial charge < -0.3 is 9.80 Å². The van der Waals surface area contributed by atoms with Crippen molar-refractivity contribution in [3.63, 3.8) is 0 Å². The second-order valence-corrected chi connectivity index (χ2v) is 16.5. The van der Waals surface area contributed by atoms with Crippen LogP contribution >= 0.6 is 11.8 Å². The zero-order valence-corrected chi connectivity index (χ0v) is 30.6. The molecule has 0 N–H and O–H groups in total. The van der Waals surface area contributed by atoms with Crippen LogP contribution in [0, 0.1) is 5.92 Å². The van der Waals surface area contributed by atoms with E-state index in [1.807, 2.05) is 11.8 Å². The van der Waals surface area contributed by atoms with E-state index in [0.29, 0.717) is 5.92 Å². The maximum atomic E-state index is 3.53. The molecule has 0 aromatic heterocycles. The Labute approximate surface area is 316 Å². The number of hydrogen-bond donors (Lipinski definition) is 0. The molecule has 0 radical (unpaired) electrons. The number of rotatable bonds is 4. The summed E-state index contributed by atoms with van der Waals surface area (Å²) >= 11 is 1.84. The van der Waals surface area contributed by atoms with Gasteiger partial charge in [-0.1, -0.05) is 121 Å². The van der Waals surface area contributed by atoms with E-state index in [9.17, 15) is 0 Å². The predicted molar refractivity (Wildman–Crippen MR) is 221 cm³/mol. The van der Waals surface area contributed by atoms with Crippen LogP contribution in [0.3, 0.4) is 0 Å². The Morgan fingerprint density at radius 3 is 2.30 bits per heavy atom. The minimum Gasteiger partial charge on any atom is -0.341 e. The molecule has 4 aliphatic carbocycles. The van der Waals surface area contributed by atoms with Crippen molar-refractivity contribution in [1.29, 1.82) is 0 Å². The van der Waals surface area contributed by atoms with Crippen LogP contribution in [-0.2, 0) is 11.8 Å². The van der Waals surface area contributed by atoms with Gasteiger partial charge in [-0.2, -0.15) is 0 Å². The van der Waals surface area contributed by atoms with Crippen molar-refractivity contribution in [3.8, 4) is 0 Å². The summed E-state index contributed by atoms with van der Waals surface area (Å²) in [5.74, 6) is 0.532. The molecule has 256 valence electrons. The molecule has 1 atom stereocenters. The summed E-state index contributed by atoms with van der Waals surface area (Å²) in [5.41, 5.74) is 22.2. The first kappa shape index (κ1) is 31.1. The summed E-state index contributed by atoms with van der Waals surface area (Å²) in [5, 5.41) is 2.29. The lowest BCUT2D eigenvalue weighted by Crippen LogP contribution is -2.32. The van der Waals surface area contributed by atoms with Crippen molar-refractivity contribution in [2.24, 2.45) is 5.92 Å². The number of allylic oxidation sites excluding steroid dienone is 7. The molecule has 1 unspecified atom stereocenters. The Morgan fingerprint density at radius 2 is 1.47 bits per heavy atom. The molecule has 6 aliphatic rings. The molecule has 11 rings (SSSR count). The van der Waals surface area contributed by atoms with E-state index < -0.39 is 0 Å². The van der Waals surface area contributed by atoms with Crippen LogP contribution in [0.1, 0.15) is 55.2 Å². The van der Waals surface area contributed by atoms with Crippen LogP contribution in [0.4, 0.5) is 28.4 Å². The first-order chi connectivity index (χ1) is 26.2. The van der Waals surface area contributed by atoms with E-state index in [4.69, 9.17) is 0 Å². The quantitative estimate of drug-likeness (QED) is 0.169. The zero-order chi connectivity index (χ0) is 34.9. The van der Waals surface area contributed by atoms with Gasteiger partial charge in [-0.25, -0.2) is 0 Å². The number of anilines is 5. The summed E-state index contributed by atoms with van der Waals surface area (Å²) in [6.07, 6.45) is 20.4. The Morgan fingerprint density at radius 1 is 0.717 bits per heavy atom. The van der Waals surface area contributed by atoms with Crippen molar-refractivity contribution < 1.29 is 0 Å². The molecule has 1 fully saturated rings. The van der Waals surface area contributed by atoms with Crippen LogP contribution in [0.2, 0.25) is 0 Å². The molecule has 2 heterocycles. The van der Waals surface area contributed by atoms with Crippen molar-refractivity contribution in [2.75, 3.05) is 16.3 Å². The smallest absolute Gasteiger partial charge is 0.0625 e. The topological polar surface area (TPSA) is 6.48 Å². The number of para-hydroxylation sites is 3. The highest BCUT2D eigenvalue weighted by Crippen LogP contribution is 2.61. The van der Waals surface area contributed by atoms with Crippen molar-refractivity contribution in [3.05, 3.63) is 178 Å².